The third-order valence-corrected chi connectivity index (χ3v) is 3.46. The number of amides is 1. The van der Waals surface area contributed by atoms with E-state index in [1.807, 2.05) is 13.8 Å². The summed E-state index contributed by atoms with van der Waals surface area (Å²) in [5.41, 5.74) is 7.27. The van der Waals surface area contributed by atoms with Crippen LogP contribution < -0.4 is 11.1 Å². The molecule has 0 spiro atoms. The van der Waals surface area contributed by atoms with Gasteiger partial charge in [0.15, 0.2) is 5.82 Å². The van der Waals surface area contributed by atoms with Crippen LogP contribution >= 0.6 is 35.6 Å². The highest BCUT2D eigenvalue weighted by Crippen LogP contribution is 2.27. The number of aromatic amines is 1. The van der Waals surface area contributed by atoms with Crippen molar-refractivity contribution in [3.8, 4) is 11.3 Å². The van der Waals surface area contributed by atoms with Gasteiger partial charge in [-0.05, 0) is 24.1 Å². The number of aromatic nitrogens is 2. The van der Waals surface area contributed by atoms with E-state index in [2.05, 4.69) is 15.5 Å². The number of carbonyl (C=O) groups excluding carboxylic acids is 1. The zero-order valence-corrected chi connectivity index (χ0v) is 14.4. The van der Waals surface area contributed by atoms with Crippen molar-refractivity contribution < 1.29 is 4.79 Å². The van der Waals surface area contributed by atoms with Gasteiger partial charge in [0.25, 0.3) is 0 Å². The number of carbonyl (C=O) groups is 1. The molecule has 0 saturated carbocycles. The van der Waals surface area contributed by atoms with Crippen LogP contribution in [0.4, 0.5) is 5.82 Å². The molecule has 0 radical (unpaired) electrons. The molecule has 2 aromatic rings. The van der Waals surface area contributed by atoms with Crippen LogP contribution in [0.3, 0.4) is 0 Å². The van der Waals surface area contributed by atoms with Gasteiger partial charge in [0.2, 0.25) is 5.91 Å². The molecule has 5 nitrogen and oxygen atoms in total. The lowest BCUT2D eigenvalue weighted by atomic mass is 10.1. The van der Waals surface area contributed by atoms with Gasteiger partial charge in [-0.3, -0.25) is 9.89 Å². The highest BCUT2D eigenvalue weighted by Gasteiger charge is 2.18. The van der Waals surface area contributed by atoms with Crippen LogP contribution in [0.5, 0.6) is 0 Å². The first-order valence-electron chi connectivity index (χ1n) is 6.45. The number of nitrogens with zero attached hydrogens (tertiary/aromatic N) is 1. The van der Waals surface area contributed by atoms with Crippen LogP contribution in [-0.2, 0) is 4.79 Å². The third-order valence-electron chi connectivity index (χ3n) is 3.02. The first kappa shape index (κ1) is 18.8. The van der Waals surface area contributed by atoms with E-state index in [0.29, 0.717) is 21.6 Å². The van der Waals surface area contributed by atoms with Crippen LogP contribution in [0.1, 0.15) is 13.8 Å². The minimum Gasteiger partial charge on any atom is -0.320 e. The SMILES string of the molecule is CC(C)[C@H](N)C(=O)Nc1cc(-c2cc(Cl)cc(Cl)c2)[nH]n1.Cl. The van der Waals surface area contributed by atoms with Crippen molar-refractivity contribution in [3.63, 3.8) is 0 Å². The van der Waals surface area contributed by atoms with Gasteiger partial charge in [-0.1, -0.05) is 37.0 Å². The first-order valence-corrected chi connectivity index (χ1v) is 7.20. The second kappa shape index (κ2) is 7.83. The summed E-state index contributed by atoms with van der Waals surface area (Å²) in [7, 11) is 0. The maximum absolute atomic E-state index is 11.9. The summed E-state index contributed by atoms with van der Waals surface area (Å²) in [6.45, 7) is 3.77. The molecule has 1 heterocycles. The molecule has 1 amide bonds. The van der Waals surface area contributed by atoms with Gasteiger partial charge in [-0.25, -0.2) is 0 Å². The Morgan fingerprint density at radius 1 is 1.23 bits per heavy atom. The molecule has 1 atom stereocenters. The largest absolute Gasteiger partial charge is 0.320 e. The number of nitrogens with one attached hydrogen (secondary N) is 2. The van der Waals surface area contributed by atoms with Crippen molar-refractivity contribution in [3.05, 3.63) is 34.3 Å². The Balaban J connectivity index is 0.00000242. The molecule has 0 bridgehead atoms. The van der Waals surface area contributed by atoms with E-state index in [1.54, 1.807) is 24.3 Å². The standard InChI is InChI=1S/C14H16Cl2N4O.ClH/c1-7(2)13(17)14(21)18-12-6-11(19-20-12)8-3-9(15)5-10(16)4-8;/h3-7,13H,17H2,1-2H3,(H2,18,19,20,21);1H/t13-;/m0./s1. The van der Waals surface area contributed by atoms with Crippen molar-refractivity contribution in [2.75, 3.05) is 5.32 Å². The Morgan fingerprint density at radius 2 is 1.82 bits per heavy atom. The average molecular weight is 364 g/mol. The van der Waals surface area contributed by atoms with Crippen molar-refractivity contribution in [1.29, 1.82) is 0 Å². The fourth-order valence-electron chi connectivity index (χ4n) is 1.76. The highest BCUT2D eigenvalue weighted by atomic mass is 35.5. The van der Waals surface area contributed by atoms with Crippen molar-refractivity contribution >= 4 is 47.3 Å². The van der Waals surface area contributed by atoms with Crippen LogP contribution in [-0.4, -0.2) is 22.1 Å². The predicted molar refractivity (Wildman–Crippen MR) is 92.7 cm³/mol. The molecule has 1 aromatic heterocycles. The molecular formula is C14H17Cl3N4O. The fourth-order valence-corrected chi connectivity index (χ4v) is 2.28. The number of rotatable bonds is 4. The summed E-state index contributed by atoms with van der Waals surface area (Å²) in [6, 6.07) is 6.28. The molecule has 4 N–H and O–H groups in total. The minimum absolute atomic E-state index is 0. The van der Waals surface area contributed by atoms with E-state index in [0.717, 1.165) is 5.56 Å². The number of H-pyrrole nitrogens is 1. The summed E-state index contributed by atoms with van der Waals surface area (Å²) in [5, 5.41) is 10.6. The van der Waals surface area contributed by atoms with E-state index in [9.17, 15) is 4.79 Å². The van der Waals surface area contributed by atoms with E-state index < -0.39 is 6.04 Å². The molecule has 0 aliphatic carbocycles. The van der Waals surface area contributed by atoms with Gasteiger partial charge < -0.3 is 11.1 Å². The zero-order valence-electron chi connectivity index (χ0n) is 12.1. The Morgan fingerprint density at radius 3 is 2.36 bits per heavy atom. The average Bonchev–Trinajstić information content (AvgIpc) is 2.85. The van der Waals surface area contributed by atoms with E-state index in [1.165, 1.54) is 0 Å². The molecule has 0 aliphatic rings. The second-order valence-corrected chi connectivity index (χ2v) is 5.96. The van der Waals surface area contributed by atoms with Gasteiger partial charge in [-0.2, -0.15) is 5.10 Å². The summed E-state index contributed by atoms with van der Waals surface area (Å²) < 4.78 is 0. The smallest absolute Gasteiger partial charge is 0.242 e. The molecule has 8 heteroatoms. The molecule has 0 fully saturated rings. The lowest BCUT2D eigenvalue weighted by molar-refractivity contribution is -0.118. The quantitative estimate of drug-likeness (QED) is 0.774. The molecular weight excluding hydrogens is 347 g/mol. The van der Waals surface area contributed by atoms with E-state index in [4.69, 9.17) is 28.9 Å². The number of hydrogen-bond donors (Lipinski definition) is 3. The molecule has 22 heavy (non-hydrogen) atoms. The summed E-state index contributed by atoms with van der Waals surface area (Å²) in [4.78, 5) is 11.9. The van der Waals surface area contributed by atoms with Gasteiger partial charge in [0, 0.05) is 21.7 Å². The van der Waals surface area contributed by atoms with Crippen LogP contribution in [0.2, 0.25) is 10.0 Å². The van der Waals surface area contributed by atoms with Gasteiger partial charge >= 0.3 is 0 Å². The zero-order chi connectivity index (χ0) is 15.6. The third kappa shape index (κ3) is 4.61. The Kier molecular flexibility index (Phi) is 6.68. The van der Waals surface area contributed by atoms with Gasteiger partial charge in [-0.15, -0.1) is 12.4 Å². The Bertz CT molecular complexity index is 637. The number of halogens is 3. The molecule has 120 valence electrons. The minimum atomic E-state index is -0.578. The molecule has 0 saturated heterocycles. The summed E-state index contributed by atoms with van der Waals surface area (Å²) >= 11 is 11.9. The molecule has 1 aromatic carbocycles. The van der Waals surface area contributed by atoms with Crippen LogP contribution in [0, 0.1) is 5.92 Å². The number of nitrogens with two attached hydrogens (primary N) is 1. The maximum atomic E-state index is 11.9. The lowest BCUT2D eigenvalue weighted by Crippen LogP contribution is -2.39. The Hall–Kier alpha value is -1.27. The van der Waals surface area contributed by atoms with Crippen molar-refractivity contribution in [2.45, 2.75) is 19.9 Å². The number of benzene rings is 1. The highest BCUT2D eigenvalue weighted by molar-refractivity contribution is 6.35. The summed E-state index contributed by atoms with van der Waals surface area (Å²) in [5.74, 6) is 0.185. The van der Waals surface area contributed by atoms with E-state index >= 15 is 0 Å². The Labute approximate surface area is 145 Å². The molecule has 2 rings (SSSR count). The lowest BCUT2D eigenvalue weighted by Gasteiger charge is -2.13. The number of hydrogen-bond acceptors (Lipinski definition) is 3. The van der Waals surface area contributed by atoms with Crippen LogP contribution in [0.25, 0.3) is 11.3 Å². The molecule has 0 aliphatic heterocycles. The normalized spacial score (nSPS) is 11.9. The van der Waals surface area contributed by atoms with Crippen molar-refractivity contribution in [1.82, 2.24) is 10.2 Å². The second-order valence-electron chi connectivity index (χ2n) is 5.08. The van der Waals surface area contributed by atoms with Crippen LogP contribution in [0.15, 0.2) is 24.3 Å². The van der Waals surface area contributed by atoms with Crippen molar-refractivity contribution in [2.24, 2.45) is 11.7 Å². The molecule has 0 unspecified atom stereocenters. The monoisotopic (exact) mass is 362 g/mol. The fraction of sp³-hybridized carbons (Fsp3) is 0.286. The summed E-state index contributed by atoms with van der Waals surface area (Å²) in [6.07, 6.45) is 0. The first-order chi connectivity index (χ1) is 9.86. The van der Waals surface area contributed by atoms with E-state index in [-0.39, 0.29) is 24.2 Å². The predicted octanol–water partition coefficient (Wildman–Crippen LogP) is 3.73. The van der Waals surface area contributed by atoms with Gasteiger partial charge in [0.05, 0.1) is 11.7 Å². The topological polar surface area (TPSA) is 83.8 Å². The maximum Gasteiger partial charge on any atom is 0.242 e. The van der Waals surface area contributed by atoms with Gasteiger partial charge in [0.1, 0.15) is 0 Å². The number of anilines is 1.